The first-order valence-corrected chi connectivity index (χ1v) is 7.95. The van der Waals surface area contributed by atoms with Crippen LogP contribution in [0.1, 0.15) is 6.92 Å². The van der Waals surface area contributed by atoms with E-state index in [1.165, 1.54) is 23.6 Å². The first-order chi connectivity index (χ1) is 7.38. The number of hydrogen-bond donors (Lipinski definition) is 0. The van der Waals surface area contributed by atoms with E-state index in [4.69, 9.17) is 5.26 Å². The summed E-state index contributed by atoms with van der Waals surface area (Å²) >= 11 is 1.51. The lowest BCUT2D eigenvalue weighted by atomic mass is 10.2. The molecule has 1 heterocycles. The molecule has 1 saturated heterocycles. The van der Waals surface area contributed by atoms with Gasteiger partial charge < -0.3 is 4.90 Å². The van der Waals surface area contributed by atoms with Crippen LogP contribution >= 0.6 is 11.8 Å². The Morgan fingerprint density at radius 1 is 1.62 bits per heavy atom. The number of nitrogens with zero attached hydrogens (tertiary/aromatic N) is 2. The lowest BCUT2D eigenvalue weighted by molar-refractivity contribution is -0.133. The molecule has 0 aromatic carbocycles. The molecule has 0 N–H and O–H groups in total. The Balaban J connectivity index is 2.92. The Labute approximate surface area is 99.7 Å². The van der Waals surface area contributed by atoms with Crippen LogP contribution in [0.25, 0.3) is 0 Å². The Morgan fingerprint density at radius 2 is 2.25 bits per heavy atom. The van der Waals surface area contributed by atoms with Crippen LogP contribution < -0.4 is 0 Å². The minimum absolute atomic E-state index is 0.391. The first kappa shape index (κ1) is 13.3. The van der Waals surface area contributed by atoms with Gasteiger partial charge in [0.15, 0.2) is 9.84 Å². The summed E-state index contributed by atoms with van der Waals surface area (Å²) in [4.78, 5) is 13.1. The van der Waals surface area contributed by atoms with E-state index in [-0.39, 0.29) is 0 Å². The van der Waals surface area contributed by atoms with E-state index < -0.39 is 27.0 Å². The van der Waals surface area contributed by atoms with Gasteiger partial charge in [-0.15, -0.1) is 0 Å². The highest BCUT2D eigenvalue weighted by Crippen LogP contribution is 2.21. The lowest BCUT2D eigenvalue weighted by Crippen LogP contribution is -2.51. The number of thioether (sulfide) groups is 1. The molecule has 2 atom stereocenters. The van der Waals surface area contributed by atoms with Crippen LogP contribution in [0.4, 0.5) is 0 Å². The highest BCUT2D eigenvalue weighted by molar-refractivity contribution is 8.00. The number of nitriles is 1. The normalized spacial score (nSPS) is 23.6. The molecule has 2 unspecified atom stereocenters. The van der Waals surface area contributed by atoms with Gasteiger partial charge >= 0.3 is 0 Å². The van der Waals surface area contributed by atoms with Gasteiger partial charge in [0.2, 0.25) is 5.91 Å². The smallest absolute Gasteiger partial charge is 0.240 e. The summed E-state index contributed by atoms with van der Waals surface area (Å²) in [5.74, 6) is -0.0656. The van der Waals surface area contributed by atoms with E-state index in [0.717, 1.165) is 12.0 Å². The van der Waals surface area contributed by atoms with Crippen molar-refractivity contribution < 1.29 is 13.2 Å². The van der Waals surface area contributed by atoms with Crippen LogP contribution in [0.3, 0.4) is 0 Å². The fraction of sp³-hybridized carbons (Fsp3) is 0.778. The number of carbonyl (C=O) groups is 1. The zero-order chi connectivity index (χ0) is 12.3. The van der Waals surface area contributed by atoms with Gasteiger partial charge in [-0.05, 0) is 6.92 Å². The fourth-order valence-electron chi connectivity index (χ4n) is 1.49. The fourth-order valence-corrected chi connectivity index (χ4v) is 4.31. The van der Waals surface area contributed by atoms with Gasteiger partial charge in [-0.2, -0.15) is 17.0 Å². The largest absolute Gasteiger partial charge is 0.323 e. The molecule has 16 heavy (non-hydrogen) atoms. The minimum Gasteiger partial charge on any atom is -0.323 e. The Hall–Kier alpha value is -0.740. The number of hydrogen-bond acceptors (Lipinski definition) is 5. The van der Waals surface area contributed by atoms with E-state index in [1.54, 1.807) is 0 Å². The minimum atomic E-state index is -3.29. The molecule has 90 valence electrons. The maximum Gasteiger partial charge on any atom is 0.240 e. The lowest BCUT2D eigenvalue weighted by Gasteiger charge is -2.34. The quantitative estimate of drug-likeness (QED) is 0.705. The second-order valence-electron chi connectivity index (χ2n) is 3.74. The van der Waals surface area contributed by atoms with Crippen molar-refractivity contribution in [1.82, 2.24) is 4.90 Å². The maximum atomic E-state index is 11.8. The number of amides is 1. The summed E-state index contributed by atoms with van der Waals surface area (Å²) < 4.78 is 23.0. The number of sulfone groups is 1. The molecule has 0 bridgehead atoms. The first-order valence-electron chi connectivity index (χ1n) is 4.84. The summed E-state index contributed by atoms with van der Waals surface area (Å²) in [6.45, 7) is 1.89. The third-order valence-corrected chi connectivity index (χ3v) is 5.07. The van der Waals surface area contributed by atoms with Crippen LogP contribution in [0.2, 0.25) is 0 Å². The molecule has 1 amide bonds. The van der Waals surface area contributed by atoms with Crippen molar-refractivity contribution in [1.29, 1.82) is 5.26 Å². The molecule has 0 aromatic rings. The van der Waals surface area contributed by atoms with Gasteiger partial charge in [0.1, 0.15) is 11.3 Å². The van der Waals surface area contributed by atoms with Crippen molar-refractivity contribution in [3.8, 4) is 6.07 Å². The molecule has 0 spiro atoms. The number of carbonyl (C=O) groups excluding carboxylic acids is 1. The molecule has 1 rings (SSSR count). The molecule has 1 fully saturated rings. The Bertz CT molecular complexity index is 413. The van der Waals surface area contributed by atoms with E-state index in [0.29, 0.717) is 12.3 Å². The Morgan fingerprint density at radius 3 is 2.75 bits per heavy atom. The standard InChI is InChI=1S/C9H14N2O3S2/c1-7(5-10)9(12)11-3-4-15-6-8(11)16(2,13)14/h7-8H,3-4,6H2,1-2H3. The van der Waals surface area contributed by atoms with Crippen molar-refractivity contribution in [2.75, 3.05) is 24.3 Å². The molecule has 0 aromatic heterocycles. The van der Waals surface area contributed by atoms with Gasteiger partial charge in [0.25, 0.3) is 0 Å². The molecule has 7 heteroatoms. The average molecular weight is 262 g/mol. The topological polar surface area (TPSA) is 78.2 Å². The van der Waals surface area contributed by atoms with Crippen LogP contribution in [-0.4, -0.2) is 48.9 Å². The predicted molar refractivity (Wildman–Crippen MR) is 62.4 cm³/mol. The molecule has 5 nitrogen and oxygen atoms in total. The summed E-state index contributed by atoms with van der Waals surface area (Å²) in [5.41, 5.74) is 0. The summed E-state index contributed by atoms with van der Waals surface area (Å²) in [6.07, 6.45) is 1.13. The van der Waals surface area contributed by atoms with E-state index in [2.05, 4.69) is 0 Å². The highest BCUT2D eigenvalue weighted by atomic mass is 32.2. The van der Waals surface area contributed by atoms with Crippen LogP contribution in [-0.2, 0) is 14.6 Å². The molecule has 1 aliphatic rings. The van der Waals surface area contributed by atoms with Crippen molar-refractivity contribution in [3.05, 3.63) is 0 Å². The monoisotopic (exact) mass is 262 g/mol. The van der Waals surface area contributed by atoms with Gasteiger partial charge in [-0.1, -0.05) is 0 Å². The predicted octanol–water partition coefficient (Wildman–Crippen LogP) is 0.0922. The van der Waals surface area contributed by atoms with Gasteiger partial charge in [-0.3, -0.25) is 4.79 Å². The zero-order valence-corrected chi connectivity index (χ0v) is 10.8. The molecule has 0 aliphatic carbocycles. The average Bonchev–Trinajstić information content (AvgIpc) is 2.26. The SMILES string of the molecule is CC(C#N)C(=O)N1CCSCC1S(C)(=O)=O. The maximum absolute atomic E-state index is 11.8. The number of rotatable bonds is 2. The van der Waals surface area contributed by atoms with Crippen LogP contribution in [0.15, 0.2) is 0 Å². The third kappa shape index (κ3) is 2.89. The molecule has 0 saturated carbocycles. The van der Waals surface area contributed by atoms with Gasteiger partial charge in [0, 0.05) is 24.3 Å². The third-order valence-electron chi connectivity index (χ3n) is 2.43. The van der Waals surface area contributed by atoms with Crippen LogP contribution in [0, 0.1) is 17.2 Å². The molecular weight excluding hydrogens is 248 g/mol. The molecular formula is C9H14N2O3S2. The summed E-state index contributed by atoms with van der Waals surface area (Å²) in [6, 6.07) is 1.84. The molecule has 0 radical (unpaired) electrons. The van der Waals surface area contributed by atoms with Gasteiger partial charge in [-0.25, -0.2) is 8.42 Å². The van der Waals surface area contributed by atoms with Crippen molar-refractivity contribution in [2.24, 2.45) is 5.92 Å². The highest BCUT2D eigenvalue weighted by Gasteiger charge is 2.35. The van der Waals surface area contributed by atoms with Crippen molar-refractivity contribution >= 4 is 27.5 Å². The summed E-state index contributed by atoms with van der Waals surface area (Å²) in [7, 11) is -3.29. The summed E-state index contributed by atoms with van der Waals surface area (Å²) in [5, 5.41) is 7.89. The van der Waals surface area contributed by atoms with Crippen LogP contribution in [0.5, 0.6) is 0 Å². The molecule has 1 aliphatic heterocycles. The van der Waals surface area contributed by atoms with E-state index in [1.807, 2.05) is 6.07 Å². The van der Waals surface area contributed by atoms with E-state index in [9.17, 15) is 13.2 Å². The van der Waals surface area contributed by atoms with Crippen molar-refractivity contribution in [3.63, 3.8) is 0 Å². The van der Waals surface area contributed by atoms with Crippen molar-refractivity contribution in [2.45, 2.75) is 12.3 Å². The second-order valence-corrected chi connectivity index (χ2v) is 7.09. The van der Waals surface area contributed by atoms with E-state index >= 15 is 0 Å². The zero-order valence-electron chi connectivity index (χ0n) is 9.21. The van der Waals surface area contributed by atoms with Gasteiger partial charge in [0.05, 0.1) is 6.07 Å². The second kappa shape index (κ2) is 5.06. The Kier molecular flexibility index (Phi) is 4.21.